The molecule has 5 heterocycles. The Labute approximate surface area is 240 Å². The van der Waals surface area contributed by atoms with Gasteiger partial charge in [-0.3, -0.25) is 4.98 Å². The van der Waals surface area contributed by atoms with Crippen LogP contribution in [0, 0.1) is 0 Å². The predicted molar refractivity (Wildman–Crippen MR) is 155 cm³/mol. The molecule has 13 heteroatoms. The number of nitrogens with zero attached hydrogens (tertiary/aromatic N) is 8. The number of piperidine rings is 1. The number of anilines is 2. The van der Waals surface area contributed by atoms with E-state index in [1.165, 1.54) is 12.6 Å². The van der Waals surface area contributed by atoms with Crippen molar-refractivity contribution in [3.8, 4) is 0 Å². The van der Waals surface area contributed by atoms with Gasteiger partial charge in [0.2, 0.25) is 0 Å². The molecule has 6 rings (SSSR count). The van der Waals surface area contributed by atoms with E-state index >= 15 is 0 Å². The molecule has 41 heavy (non-hydrogen) atoms. The fraction of sp³-hybridized carbons (Fsp3) is 0.536. The molecule has 1 unspecified atom stereocenters. The largest absolute Gasteiger partial charge is 0.381 e. The Morgan fingerprint density at radius 1 is 1.15 bits per heavy atom. The quantitative estimate of drug-likeness (QED) is 0.235. The molecule has 0 bridgehead atoms. The van der Waals surface area contributed by atoms with Crippen LogP contribution in [-0.4, -0.2) is 73.4 Å². The van der Waals surface area contributed by atoms with Gasteiger partial charge in [0.15, 0.2) is 5.65 Å². The van der Waals surface area contributed by atoms with Gasteiger partial charge in [-0.1, -0.05) is 18.2 Å². The average Bonchev–Trinajstić information content (AvgIpc) is 3.62. The van der Waals surface area contributed by atoms with E-state index in [0.29, 0.717) is 50.8 Å². The summed E-state index contributed by atoms with van der Waals surface area (Å²) in [5.41, 5.74) is 3.73. The summed E-state index contributed by atoms with van der Waals surface area (Å²) in [6.45, 7) is 4.80. The molecule has 4 aromatic rings. The van der Waals surface area contributed by atoms with Crippen LogP contribution in [0.2, 0.25) is 0 Å². The van der Waals surface area contributed by atoms with E-state index in [9.17, 15) is 8.42 Å². The fourth-order valence-corrected chi connectivity index (χ4v) is 6.80. The summed E-state index contributed by atoms with van der Waals surface area (Å²) >= 11 is 0. The van der Waals surface area contributed by atoms with Crippen molar-refractivity contribution in [1.82, 2.24) is 34.0 Å². The Kier molecular flexibility index (Phi) is 8.15. The number of nitrogens with one attached hydrogen (secondary N) is 1. The lowest BCUT2D eigenvalue weighted by Gasteiger charge is -2.37. The molecule has 1 aliphatic heterocycles. The van der Waals surface area contributed by atoms with E-state index in [1.54, 1.807) is 6.20 Å². The standard InChI is InChI=1S/C28H37N9O3S/c1-2-22-19-31-37-26(30-18-21-6-5-12-29-17-21)16-27(32-28(22)37)35-13-4-3-7-24(35)11-15-40-14-10-23-20-36(34-33-23)41(38,39)25-8-9-25/h5-6,12,16-17,19-20,24-25,30H,2-4,7-11,13-15,18H2,1H3. The Morgan fingerprint density at radius 2 is 2.05 bits per heavy atom. The summed E-state index contributed by atoms with van der Waals surface area (Å²) in [6, 6.07) is 6.42. The van der Waals surface area contributed by atoms with Gasteiger partial charge in [-0.2, -0.15) is 9.61 Å². The van der Waals surface area contributed by atoms with Gasteiger partial charge in [-0.25, -0.2) is 13.4 Å². The summed E-state index contributed by atoms with van der Waals surface area (Å²) in [6.07, 6.45) is 14.1. The highest BCUT2D eigenvalue weighted by molar-refractivity contribution is 7.90. The van der Waals surface area contributed by atoms with Crippen LogP contribution in [0.1, 0.15) is 62.3 Å². The number of aromatic nitrogens is 7. The van der Waals surface area contributed by atoms with Crippen LogP contribution in [0.5, 0.6) is 0 Å². The molecule has 1 N–H and O–H groups in total. The molecular weight excluding hydrogens is 542 g/mol. The molecule has 1 atom stereocenters. The molecular formula is C28H37N9O3S. The number of hydrogen-bond donors (Lipinski definition) is 1. The maximum absolute atomic E-state index is 12.3. The van der Waals surface area contributed by atoms with E-state index in [0.717, 1.165) is 64.7 Å². The van der Waals surface area contributed by atoms with Crippen molar-refractivity contribution in [3.05, 3.63) is 59.8 Å². The molecule has 1 aliphatic carbocycles. The minimum absolute atomic E-state index is 0.308. The van der Waals surface area contributed by atoms with Crippen LogP contribution < -0.4 is 10.2 Å². The Morgan fingerprint density at radius 3 is 2.85 bits per heavy atom. The van der Waals surface area contributed by atoms with Gasteiger partial charge in [0.25, 0.3) is 10.0 Å². The molecule has 0 radical (unpaired) electrons. The van der Waals surface area contributed by atoms with E-state index < -0.39 is 10.0 Å². The maximum atomic E-state index is 12.3. The first-order valence-corrected chi connectivity index (χ1v) is 16.0. The highest BCUT2D eigenvalue weighted by Gasteiger charge is 2.38. The molecule has 2 fully saturated rings. The first kappa shape index (κ1) is 27.6. The third-order valence-electron chi connectivity index (χ3n) is 7.86. The second-order valence-corrected chi connectivity index (χ2v) is 12.9. The van der Waals surface area contributed by atoms with Crippen molar-refractivity contribution in [2.75, 3.05) is 30.0 Å². The molecule has 2 aliphatic rings. The zero-order valence-corrected chi connectivity index (χ0v) is 24.2. The number of hydrogen-bond acceptors (Lipinski definition) is 10. The van der Waals surface area contributed by atoms with E-state index in [1.807, 2.05) is 23.0 Å². The fourth-order valence-electron chi connectivity index (χ4n) is 5.35. The minimum atomic E-state index is -3.38. The Balaban J connectivity index is 1.09. The number of ether oxygens (including phenoxy) is 1. The number of rotatable bonds is 13. The molecule has 0 amide bonds. The van der Waals surface area contributed by atoms with Gasteiger partial charge < -0.3 is 15.0 Å². The van der Waals surface area contributed by atoms with Crippen LogP contribution in [-0.2, 0) is 34.1 Å². The van der Waals surface area contributed by atoms with Gasteiger partial charge in [-0.15, -0.1) is 9.19 Å². The molecule has 0 spiro atoms. The Hall–Kier alpha value is -3.58. The van der Waals surface area contributed by atoms with Crippen molar-refractivity contribution in [3.63, 3.8) is 0 Å². The minimum Gasteiger partial charge on any atom is -0.381 e. The first-order valence-electron chi connectivity index (χ1n) is 14.5. The summed E-state index contributed by atoms with van der Waals surface area (Å²) in [4.78, 5) is 11.7. The molecule has 218 valence electrons. The molecule has 0 aromatic carbocycles. The summed E-state index contributed by atoms with van der Waals surface area (Å²) in [7, 11) is -3.38. The van der Waals surface area contributed by atoms with Crippen molar-refractivity contribution < 1.29 is 13.2 Å². The lowest BCUT2D eigenvalue weighted by molar-refractivity contribution is 0.126. The first-order chi connectivity index (χ1) is 20.0. The summed E-state index contributed by atoms with van der Waals surface area (Å²) in [5.74, 6) is 1.87. The van der Waals surface area contributed by atoms with Crippen LogP contribution in [0.15, 0.2) is 43.0 Å². The predicted octanol–water partition coefficient (Wildman–Crippen LogP) is 3.24. The third kappa shape index (κ3) is 6.20. The average molecular weight is 580 g/mol. The van der Waals surface area contributed by atoms with Crippen LogP contribution in [0.4, 0.5) is 11.6 Å². The lowest BCUT2D eigenvalue weighted by atomic mass is 9.99. The van der Waals surface area contributed by atoms with Crippen molar-refractivity contribution in [2.45, 2.75) is 76.1 Å². The van der Waals surface area contributed by atoms with Gasteiger partial charge in [0.05, 0.1) is 29.9 Å². The number of aryl methyl sites for hydroxylation is 1. The monoisotopic (exact) mass is 579 g/mol. The lowest BCUT2D eigenvalue weighted by Crippen LogP contribution is -2.41. The van der Waals surface area contributed by atoms with E-state index in [2.05, 4.69) is 49.7 Å². The van der Waals surface area contributed by atoms with Gasteiger partial charge in [-0.05, 0) is 56.6 Å². The second kappa shape index (κ2) is 12.1. The second-order valence-electron chi connectivity index (χ2n) is 10.8. The van der Waals surface area contributed by atoms with Crippen LogP contribution >= 0.6 is 0 Å². The zero-order valence-electron chi connectivity index (χ0n) is 23.4. The van der Waals surface area contributed by atoms with E-state index in [-0.39, 0.29) is 5.25 Å². The van der Waals surface area contributed by atoms with Crippen molar-refractivity contribution in [1.29, 1.82) is 0 Å². The SMILES string of the molecule is CCc1cnn2c(NCc3cccnc3)cc(N3CCCCC3CCOCCc3cn(S(=O)(=O)C4CC4)nn3)nc12. The van der Waals surface area contributed by atoms with Crippen LogP contribution in [0.3, 0.4) is 0 Å². The highest BCUT2D eigenvalue weighted by atomic mass is 32.2. The topological polar surface area (TPSA) is 132 Å². The highest BCUT2D eigenvalue weighted by Crippen LogP contribution is 2.30. The van der Waals surface area contributed by atoms with E-state index in [4.69, 9.17) is 9.72 Å². The zero-order chi connectivity index (χ0) is 28.2. The van der Waals surface area contributed by atoms with Gasteiger partial charge in [0, 0.05) is 56.2 Å². The summed E-state index contributed by atoms with van der Waals surface area (Å²) in [5, 5.41) is 15.7. The van der Waals surface area contributed by atoms with Crippen molar-refractivity contribution in [2.24, 2.45) is 0 Å². The molecule has 4 aromatic heterocycles. The summed E-state index contributed by atoms with van der Waals surface area (Å²) < 4.78 is 33.6. The molecule has 1 saturated heterocycles. The number of pyridine rings is 1. The van der Waals surface area contributed by atoms with Crippen LogP contribution in [0.25, 0.3) is 5.65 Å². The maximum Gasteiger partial charge on any atom is 0.258 e. The third-order valence-corrected chi connectivity index (χ3v) is 9.87. The van der Waals surface area contributed by atoms with Gasteiger partial charge in [0.1, 0.15) is 11.6 Å². The molecule has 12 nitrogen and oxygen atoms in total. The van der Waals surface area contributed by atoms with Crippen molar-refractivity contribution >= 4 is 27.3 Å². The smallest absolute Gasteiger partial charge is 0.258 e. The Bertz CT molecular complexity index is 1570. The van der Waals surface area contributed by atoms with Gasteiger partial charge >= 0.3 is 0 Å². The number of fused-ring (bicyclic) bond motifs is 1. The molecule has 1 saturated carbocycles. The normalized spacial score (nSPS) is 17.8.